The van der Waals surface area contributed by atoms with E-state index in [1.807, 2.05) is 30.4 Å². The molecular weight excluding hydrogens is 470 g/mol. The number of ether oxygens (including phenoxy) is 1. The molecule has 4 heteroatoms. The molecule has 2 heterocycles. The molecule has 2 aromatic rings. The Balaban J connectivity index is 1.75. The molecule has 1 aromatic carbocycles. The van der Waals surface area contributed by atoms with Gasteiger partial charge in [0.2, 0.25) is 5.78 Å². The van der Waals surface area contributed by atoms with E-state index in [0.29, 0.717) is 22.6 Å². The summed E-state index contributed by atoms with van der Waals surface area (Å²) < 4.78 is 6.18. The summed E-state index contributed by atoms with van der Waals surface area (Å²) in [6.45, 7) is 19.3. The maximum atomic E-state index is 13.2. The zero-order valence-electron chi connectivity index (χ0n) is 24.1. The Bertz CT molecular complexity index is 1400. The summed E-state index contributed by atoms with van der Waals surface area (Å²) >= 11 is 0. The van der Waals surface area contributed by atoms with E-state index >= 15 is 0 Å². The van der Waals surface area contributed by atoms with Gasteiger partial charge in [0.1, 0.15) is 17.2 Å². The highest BCUT2D eigenvalue weighted by Crippen LogP contribution is 2.39. The molecular formula is C34H39NO3. The van der Waals surface area contributed by atoms with Gasteiger partial charge in [-0.3, -0.25) is 9.78 Å². The van der Waals surface area contributed by atoms with Crippen LogP contribution in [0.15, 0.2) is 89.1 Å². The molecule has 0 saturated heterocycles. The third-order valence-electron chi connectivity index (χ3n) is 6.78. The van der Waals surface area contributed by atoms with Crippen molar-refractivity contribution in [3.63, 3.8) is 0 Å². The molecule has 0 saturated carbocycles. The number of ketones is 1. The minimum Gasteiger partial charge on any atom is -0.506 e. The lowest BCUT2D eigenvalue weighted by atomic mass is 9.78. The number of pyridine rings is 1. The van der Waals surface area contributed by atoms with Crippen molar-refractivity contribution in [3.8, 4) is 0 Å². The van der Waals surface area contributed by atoms with Crippen LogP contribution in [-0.2, 0) is 20.4 Å². The number of rotatable bonds is 3. The number of aliphatic hydroxyl groups excluding tert-OH is 1. The molecule has 198 valence electrons. The van der Waals surface area contributed by atoms with Crippen LogP contribution in [0.3, 0.4) is 0 Å². The van der Waals surface area contributed by atoms with Crippen molar-refractivity contribution in [2.45, 2.75) is 73.1 Å². The SMILES string of the molecule is CC(C)(C)C1=CC(=CC2=C(O)C(=Cc3cc(C(C)(C)C)cc(C(C)(C)C)c3)C2=O)C=C(c2ccccn2)O1. The Morgan fingerprint density at radius 3 is 1.95 bits per heavy atom. The fraction of sp³-hybridized carbons (Fsp3) is 0.353. The number of hydrogen-bond acceptors (Lipinski definition) is 4. The van der Waals surface area contributed by atoms with Crippen LogP contribution in [0.25, 0.3) is 11.8 Å². The second-order valence-corrected chi connectivity index (χ2v) is 13.2. The fourth-order valence-corrected chi connectivity index (χ4v) is 4.25. The molecule has 0 unspecified atom stereocenters. The second-order valence-electron chi connectivity index (χ2n) is 13.2. The number of carbonyl (C=O) groups excluding carboxylic acids is 1. The van der Waals surface area contributed by atoms with Gasteiger partial charge in [-0.15, -0.1) is 0 Å². The molecule has 1 aromatic heterocycles. The van der Waals surface area contributed by atoms with Gasteiger partial charge in [-0.05, 0) is 69.5 Å². The van der Waals surface area contributed by atoms with Gasteiger partial charge in [0, 0.05) is 11.6 Å². The van der Waals surface area contributed by atoms with Crippen LogP contribution in [0.1, 0.15) is 84.7 Å². The number of nitrogens with zero attached hydrogens (tertiary/aromatic N) is 1. The van der Waals surface area contributed by atoms with E-state index in [0.717, 1.165) is 16.9 Å². The summed E-state index contributed by atoms with van der Waals surface area (Å²) in [5.74, 6) is 1.23. The van der Waals surface area contributed by atoms with Gasteiger partial charge in [-0.1, -0.05) is 86.6 Å². The number of allylic oxidation sites excluding steroid dienone is 7. The first-order chi connectivity index (χ1) is 17.5. The van der Waals surface area contributed by atoms with Crippen molar-refractivity contribution in [1.29, 1.82) is 0 Å². The van der Waals surface area contributed by atoms with Crippen LogP contribution in [0.4, 0.5) is 0 Å². The molecule has 0 spiro atoms. The van der Waals surface area contributed by atoms with Crippen LogP contribution in [-0.4, -0.2) is 15.9 Å². The van der Waals surface area contributed by atoms with Gasteiger partial charge >= 0.3 is 0 Å². The quantitative estimate of drug-likeness (QED) is 0.422. The first kappa shape index (κ1) is 27.4. The summed E-state index contributed by atoms with van der Waals surface area (Å²) in [5.41, 5.74) is 5.12. The molecule has 2 aliphatic rings. The number of Topliss-reactive ketones (excluding diaryl/α,β-unsaturated/α-hetero) is 1. The van der Waals surface area contributed by atoms with Crippen LogP contribution >= 0.6 is 0 Å². The van der Waals surface area contributed by atoms with Crippen molar-refractivity contribution >= 4 is 17.6 Å². The summed E-state index contributed by atoms with van der Waals surface area (Å²) in [6, 6.07) is 12.1. The number of carbonyl (C=O) groups is 1. The van der Waals surface area contributed by atoms with E-state index in [4.69, 9.17) is 4.74 Å². The Hall–Kier alpha value is -3.66. The van der Waals surface area contributed by atoms with Crippen LogP contribution < -0.4 is 0 Å². The molecule has 0 radical (unpaired) electrons. The first-order valence-electron chi connectivity index (χ1n) is 13.1. The van der Waals surface area contributed by atoms with E-state index in [1.54, 1.807) is 18.3 Å². The molecule has 0 fully saturated rings. The van der Waals surface area contributed by atoms with E-state index in [1.165, 1.54) is 11.1 Å². The number of aromatic nitrogens is 1. The van der Waals surface area contributed by atoms with Crippen LogP contribution in [0.5, 0.6) is 0 Å². The zero-order valence-corrected chi connectivity index (χ0v) is 24.1. The first-order valence-corrected chi connectivity index (χ1v) is 13.1. The van der Waals surface area contributed by atoms with E-state index in [9.17, 15) is 9.90 Å². The Morgan fingerprint density at radius 2 is 1.45 bits per heavy atom. The molecule has 0 bridgehead atoms. The minimum atomic E-state index is -0.249. The van der Waals surface area contributed by atoms with Crippen molar-refractivity contribution < 1.29 is 14.6 Å². The van der Waals surface area contributed by atoms with Gasteiger partial charge < -0.3 is 9.84 Å². The zero-order chi connectivity index (χ0) is 28.0. The molecule has 4 rings (SSSR count). The van der Waals surface area contributed by atoms with Crippen molar-refractivity contribution in [2.24, 2.45) is 5.41 Å². The highest BCUT2D eigenvalue weighted by molar-refractivity contribution is 6.23. The smallest absolute Gasteiger partial charge is 0.200 e. The number of benzene rings is 1. The van der Waals surface area contributed by atoms with Crippen molar-refractivity contribution in [1.82, 2.24) is 4.98 Å². The lowest BCUT2D eigenvalue weighted by molar-refractivity contribution is -0.113. The molecule has 1 aliphatic heterocycles. The summed E-state index contributed by atoms with van der Waals surface area (Å²) in [6.07, 6.45) is 9.04. The van der Waals surface area contributed by atoms with Crippen LogP contribution in [0.2, 0.25) is 0 Å². The minimum absolute atomic E-state index is 0.0194. The van der Waals surface area contributed by atoms with Gasteiger partial charge in [0.15, 0.2) is 5.76 Å². The molecule has 1 aliphatic carbocycles. The standard InChI is InChI=1S/C34H39NO3/c1-32(2,3)23-14-21(15-24(20-23)33(4,5)6)16-25-30(36)26(31(25)37)17-22-18-28(27-12-10-11-13-35-27)38-29(19-22)34(7,8)9/h10-20,36H,1-9H3. The van der Waals surface area contributed by atoms with E-state index < -0.39 is 0 Å². The highest BCUT2D eigenvalue weighted by Gasteiger charge is 2.33. The number of aliphatic hydroxyl groups is 1. The molecule has 0 atom stereocenters. The molecule has 1 N–H and O–H groups in total. The van der Waals surface area contributed by atoms with E-state index in [2.05, 4.69) is 85.5 Å². The predicted molar refractivity (Wildman–Crippen MR) is 155 cm³/mol. The van der Waals surface area contributed by atoms with Gasteiger partial charge in [0.05, 0.1) is 11.1 Å². The van der Waals surface area contributed by atoms with Crippen molar-refractivity contribution in [3.05, 3.63) is 111 Å². The molecule has 4 nitrogen and oxygen atoms in total. The maximum absolute atomic E-state index is 13.2. The predicted octanol–water partition coefficient (Wildman–Crippen LogP) is 8.38. The normalized spacial score (nSPS) is 18.8. The largest absolute Gasteiger partial charge is 0.506 e. The third-order valence-corrected chi connectivity index (χ3v) is 6.78. The summed E-state index contributed by atoms with van der Waals surface area (Å²) in [4.78, 5) is 17.6. The topological polar surface area (TPSA) is 59.4 Å². The highest BCUT2D eigenvalue weighted by atomic mass is 16.5. The number of hydrogen-bond donors (Lipinski definition) is 1. The summed E-state index contributed by atoms with van der Waals surface area (Å²) in [7, 11) is 0. The molecule has 38 heavy (non-hydrogen) atoms. The average molecular weight is 510 g/mol. The van der Waals surface area contributed by atoms with Gasteiger partial charge in [0.25, 0.3) is 0 Å². The van der Waals surface area contributed by atoms with Crippen LogP contribution in [0, 0.1) is 5.41 Å². The Kier molecular flexibility index (Phi) is 6.90. The maximum Gasteiger partial charge on any atom is 0.200 e. The van der Waals surface area contributed by atoms with E-state index in [-0.39, 0.29) is 27.8 Å². The lowest BCUT2D eigenvalue weighted by Gasteiger charge is -2.28. The van der Waals surface area contributed by atoms with Gasteiger partial charge in [-0.2, -0.15) is 0 Å². The monoisotopic (exact) mass is 509 g/mol. The third kappa shape index (κ3) is 5.75. The lowest BCUT2D eigenvalue weighted by Crippen LogP contribution is -2.22. The molecule has 0 amide bonds. The Morgan fingerprint density at radius 1 is 0.816 bits per heavy atom. The van der Waals surface area contributed by atoms with Crippen molar-refractivity contribution in [2.75, 3.05) is 0 Å². The fourth-order valence-electron chi connectivity index (χ4n) is 4.25. The average Bonchev–Trinajstić information content (AvgIpc) is 2.84. The van der Waals surface area contributed by atoms with Gasteiger partial charge in [-0.25, -0.2) is 0 Å². The summed E-state index contributed by atoms with van der Waals surface area (Å²) in [5, 5.41) is 11.0. The Labute approximate surface area is 227 Å². The second kappa shape index (κ2) is 9.58.